The van der Waals surface area contributed by atoms with E-state index in [1.54, 1.807) is 31.2 Å². The Hall–Kier alpha value is -3.81. The first-order valence-corrected chi connectivity index (χ1v) is 10.4. The number of carbonyl (C=O) groups is 2. The minimum atomic E-state index is -1.27. The number of hydrogen-bond acceptors (Lipinski definition) is 6. The van der Waals surface area contributed by atoms with Crippen LogP contribution in [0.15, 0.2) is 51.7 Å². The van der Waals surface area contributed by atoms with E-state index in [4.69, 9.17) is 13.9 Å². The van der Waals surface area contributed by atoms with Crippen molar-refractivity contribution >= 4 is 22.9 Å². The maximum absolute atomic E-state index is 13.4. The van der Waals surface area contributed by atoms with Crippen molar-refractivity contribution in [2.24, 2.45) is 0 Å². The molecule has 1 atom stereocenters. The molecule has 2 aromatic carbocycles. The Kier molecular flexibility index (Phi) is 4.65. The molecule has 0 saturated carbocycles. The fourth-order valence-electron chi connectivity index (χ4n) is 4.15. The SMILES string of the molecule is Cc1ccc2c(CN3C(=O)NC(C)(c4ccc5c(c4)OCCCO5)C3=O)cc(=O)oc2c1. The molecule has 1 unspecified atom stereocenters. The molecular weight excluding hydrogens is 412 g/mol. The Balaban J connectivity index is 1.49. The first-order chi connectivity index (χ1) is 15.3. The first kappa shape index (κ1) is 20.1. The van der Waals surface area contributed by atoms with Crippen molar-refractivity contribution < 1.29 is 23.5 Å². The van der Waals surface area contributed by atoms with E-state index in [-0.39, 0.29) is 6.54 Å². The maximum atomic E-state index is 13.4. The summed E-state index contributed by atoms with van der Waals surface area (Å²) < 4.78 is 16.7. The van der Waals surface area contributed by atoms with Crippen molar-refractivity contribution in [3.63, 3.8) is 0 Å². The number of nitrogens with one attached hydrogen (secondary N) is 1. The summed E-state index contributed by atoms with van der Waals surface area (Å²) in [6.45, 7) is 4.59. The summed E-state index contributed by atoms with van der Waals surface area (Å²) in [7, 11) is 0. The van der Waals surface area contributed by atoms with Gasteiger partial charge in [-0.25, -0.2) is 9.59 Å². The van der Waals surface area contributed by atoms with Gasteiger partial charge in [0, 0.05) is 17.9 Å². The highest BCUT2D eigenvalue weighted by Crippen LogP contribution is 2.37. The molecule has 8 heteroatoms. The van der Waals surface area contributed by atoms with E-state index in [0.29, 0.717) is 46.8 Å². The van der Waals surface area contributed by atoms with Crippen LogP contribution in [0.2, 0.25) is 0 Å². The molecule has 32 heavy (non-hydrogen) atoms. The minimum absolute atomic E-state index is 0.0457. The zero-order valence-corrected chi connectivity index (χ0v) is 17.8. The normalized spacial score (nSPS) is 20.4. The topological polar surface area (TPSA) is 98.1 Å². The molecule has 3 amide bonds. The van der Waals surface area contributed by atoms with Crippen LogP contribution in [0.4, 0.5) is 4.79 Å². The average Bonchev–Trinajstić information content (AvgIpc) is 2.92. The van der Waals surface area contributed by atoms with E-state index in [1.807, 2.05) is 19.1 Å². The van der Waals surface area contributed by atoms with Gasteiger partial charge >= 0.3 is 11.7 Å². The largest absolute Gasteiger partial charge is 0.490 e. The van der Waals surface area contributed by atoms with E-state index in [2.05, 4.69) is 5.32 Å². The fraction of sp³-hybridized carbons (Fsp3) is 0.292. The van der Waals surface area contributed by atoms with Gasteiger partial charge in [0.05, 0.1) is 19.8 Å². The Labute approximate surface area is 183 Å². The van der Waals surface area contributed by atoms with E-state index < -0.39 is 23.1 Å². The standard InChI is InChI=1S/C24H22N2O6/c1-14-4-6-17-15(11-21(27)32-19(17)10-14)13-26-22(28)24(2,25-23(26)29)16-5-7-18-20(12-16)31-9-3-8-30-18/h4-7,10-12H,3,8-9,13H2,1-2H3,(H,25,29). The Morgan fingerprint density at radius 2 is 1.78 bits per heavy atom. The Bertz CT molecular complexity index is 1310. The Morgan fingerprint density at radius 1 is 1.00 bits per heavy atom. The van der Waals surface area contributed by atoms with Crippen molar-refractivity contribution in [2.45, 2.75) is 32.4 Å². The summed E-state index contributed by atoms with van der Waals surface area (Å²) in [5.74, 6) is 0.746. The molecule has 164 valence electrons. The molecule has 5 rings (SSSR count). The highest BCUT2D eigenvalue weighted by molar-refractivity contribution is 6.07. The second-order valence-electron chi connectivity index (χ2n) is 8.25. The molecule has 0 radical (unpaired) electrons. The number of amides is 3. The number of carbonyl (C=O) groups excluding carboxylic acids is 2. The number of aryl methyl sites for hydroxylation is 1. The summed E-state index contributed by atoms with van der Waals surface area (Å²) in [6, 6.07) is 11.5. The number of nitrogens with zero attached hydrogens (tertiary/aromatic N) is 1. The monoisotopic (exact) mass is 434 g/mol. The predicted molar refractivity (Wildman–Crippen MR) is 116 cm³/mol. The Morgan fingerprint density at radius 3 is 2.59 bits per heavy atom. The zero-order chi connectivity index (χ0) is 22.5. The number of hydrogen-bond donors (Lipinski definition) is 1. The third-order valence-electron chi connectivity index (χ3n) is 5.91. The van der Waals surface area contributed by atoms with Crippen LogP contribution in [-0.2, 0) is 16.9 Å². The molecule has 3 aromatic rings. The predicted octanol–water partition coefficient (Wildman–Crippen LogP) is 3.23. The van der Waals surface area contributed by atoms with Gasteiger partial charge in [0.15, 0.2) is 11.5 Å². The lowest BCUT2D eigenvalue weighted by Gasteiger charge is -2.23. The molecule has 0 bridgehead atoms. The summed E-state index contributed by atoms with van der Waals surface area (Å²) in [5, 5.41) is 3.48. The quantitative estimate of drug-likeness (QED) is 0.502. The fourth-order valence-corrected chi connectivity index (χ4v) is 4.15. The van der Waals surface area contributed by atoms with Gasteiger partial charge in [-0.1, -0.05) is 18.2 Å². The lowest BCUT2D eigenvalue weighted by atomic mass is 9.91. The van der Waals surface area contributed by atoms with Gasteiger partial charge in [0.1, 0.15) is 11.1 Å². The number of imide groups is 1. The molecule has 2 aliphatic rings. The number of fused-ring (bicyclic) bond motifs is 2. The number of urea groups is 1. The number of rotatable bonds is 3. The van der Waals surface area contributed by atoms with E-state index >= 15 is 0 Å². The summed E-state index contributed by atoms with van der Waals surface area (Å²) in [4.78, 5) is 39.4. The number of benzene rings is 2. The van der Waals surface area contributed by atoms with Gasteiger partial charge in [-0.05, 0) is 48.7 Å². The van der Waals surface area contributed by atoms with Crippen molar-refractivity contribution in [3.8, 4) is 11.5 Å². The van der Waals surface area contributed by atoms with Crippen LogP contribution in [0.1, 0.15) is 30.0 Å². The van der Waals surface area contributed by atoms with Gasteiger partial charge < -0.3 is 19.2 Å². The molecule has 1 aromatic heterocycles. The van der Waals surface area contributed by atoms with Crippen LogP contribution in [0.25, 0.3) is 11.0 Å². The van der Waals surface area contributed by atoms with Gasteiger partial charge in [0.25, 0.3) is 5.91 Å². The molecular formula is C24H22N2O6. The highest BCUT2D eigenvalue weighted by Gasteiger charge is 2.49. The molecule has 2 aliphatic heterocycles. The van der Waals surface area contributed by atoms with Crippen LogP contribution >= 0.6 is 0 Å². The van der Waals surface area contributed by atoms with Crippen LogP contribution in [-0.4, -0.2) is 30.1 Å². The molecule has 1 N–H and O–H groups in total. The third-order valence-corrected chi connectivity index (χ3v) is 5.91. The molecule has 0 aliphatic carbocycles. The minimum Gasteiger partial charge on any atom is -0.490 e. The van der Waals surface area contributed by atoms with Gasteiger partial charge in [-0.2, -0.15) is 0 Å². The van der Waals surface area contributed by atoms with Gasteiger partial charge in [0.2, 0.25) is 0 Å². The van der Waals surface area contributed by atoms with Gasteiger partial charge in [-0.15, -0.1) is 0 Å². The van der Waals surface area contributed by atoms with Crippen LogP contribution < -0.4 is 20.4 Å². The van der Waals surface area contributed by atoms with E-state index in [0.717, 1.165) is 16.9 Å². The lowest BCUT2D eigenvalue weighted by molar-refractivity contribution is -0.131. The number of ether oxygens (including phenoxy) is 2. The van der Waals surface area contributed by atoms with Crippen LogP contribution in [0.3, 0.4) is 0 Å². The highest BCUT2D eigenvalue weighted by atomic mass is 16.5. The maximum Gasteiger partial charge on any atom is 0.336 e. The molecule has 8 nitrogen and oxygen atoms in total. The smallest absolute Gasteiger partial charge is 0.336 e. The van der Waals surface area contributed by atoms with Crippen molar-refractivity contribution in [2.75, 3.05) is 13.2 Å². The second-order valence-corrected chi connectivity index (χ2v) is 8.25. The van der Waals surface area contributed by atoms with Crippen LogP contribution in [0, 0.1) is 6.92 Å². The average molecular weight is 434 g/mol. The van der Waals surface area contributed by atoms with E-state index in [1.165, 1.54) is 6.07 Å². The van der Waals surface area contributed by atoms with E-state index in [9.17, 15) is 14.4 Å². The van der Waals surface area contributed by atoms with Crippen molar-refractivity contribution in [3.05, 3.63) is 69.6 Å². The van der Waals surface area contributed by atoms with Crippen molar-refractivity contribution in [1.29, 1.82) is 0 Å². The molecule has 0 spiro atoms. The lowest BCUT2D eigenvalue weighted by Crippen LogP contribution is -2.40. The summed E-state index contributed by atoms with van der Waals surface area (Å²) in [5.41, 5.74) is 0.697. The summed E-state index contributed by atoms with van der Waals surface area (Å²) in [6.07, 6.45) is 0.767. The second kappa shape index (κ2) is 7.40. The van der Waals surface area contributed by atoms with Gasteiger partial charge in [-0.3, -0.25) is 9.69 Å². The molecule has 1 saturated heterocycles. The van der Waals surface area contributed by atoms with Crippen LogP contribution in [0.5, 0.6) is 11.5 Å². The zero-order valence-electron chi connectivity index (χ0n) is 17.8. The molecule has 3 heterocycles. The molecule has 1 fully saturated rings. The third kappa shape index (κ3) is 3.28. The summed E-state index contributed by atoms with van der Waals surface area (Å²) >= 11 is 0. The van der Waals surface area contributed by atoms with Crippen molar-refractivity contribution in [1.82, 2.24) is 10.2 Å². The first-order valence-electron chi connectivity index (χ1n) is 10.4.